The number of benzene rings is 1. The van der Waals surface area contributed by atoms with E-state index in [1.807, 2.05) is 12.1 Å². The predicted molar refractivity (Wildman–Crippen MR) is 69.8 cm³/mol. The second-order valence-corrected chi connectivity index (χ2v) is 5.41. The fourth-order valence-electron chi connectivity index (χ4n) is 2.02. The summed E-state index contributed by atoms with van der Waals surface area (Å²) in [6.45, 7) is 3.08. The van der Waals surface area contributed by atoms with Crippen molar-refractivity contribution in [1.29, 1.82) is 0 Å². The number of halogens is 2. The zero-order valence-electron chi connectivity index (χ0n) is 9.25. The summed E-state index contributed by atoms with van der Waals surface area (Å²) in [4.78, 5) is 2.40. The summed E-state index contributed by atoms with van der Waals surface area (Å²) in [6.07, 6.45) is 1.52. The summed E-state index contributed by atoms with van der Waals surface area (Å²) in [5, 5.41) is 0.770. The van der Waals surface area contributed by atoms with Gasteiger partial charge in [0, 0.05) is 36.2 Å². The predicted octanol–water partition coefficient (Wildman–Crippen LogP) is 3.32. The van der Waals surface area contributed by atoms with Crippen LogP contribution >= 0.6 is 27.5 Å². The van der Waals surface area contributed by atoms with Crippen molar-refractivity contribution in [3.8, 4) is 0 Å². The third-order valence-electron chi connectivity index (χ3n) is 2.97. The topological polar surface area (TPSA) is 12.5 Å². The van der Waals surface area contributed by atoms with Crippen LogP contribution in [-0.4, -0.2) is 31.2 Å². The monoisotopic (exact) mass is 303 g/mol. The highest BCUT2D eigenvalue weighted by Gasteiger charge is 2.22. The molecule has 1 saturated heterocycles. The van der Waals surface area contributed by atoms with E-state index in [9.17, 15) is 0 Å². The SMILES string of the molecule is COC1CCN(Cc2ccc(Cl)cc2Br)C1. The minimum atomic E-state index is 0.395. The average molecular weight is 305 g/mol. The Morgan fingerprint density at radius 1 is 1.56 bits per heavy atom. The number of likely N-dealkylation sites (tertiary alicyclic amines) is 1. The molecule has 0 saturated carbocycles. The van der Waals surface area contributed by atoms with E-state index >= 15 is 0 Å². The first kappa shape index (κ1) is 12.4. The van der Waals surface area contributed by atoms with Gasteiger partial charge in [-0.3, -0.25) is 4.90 Å². The van der Waals surface area contributed by atoms with Crippen LogP contribution in [0.15, 0.2) is 22.7 Å². The van der Waals surface area contributed by atoms with Gasteiger partial charge in [0.15, 0.2) is 0 Å². The number of hydrogen-bond acceptors (Lipinski definition) is 2. The maximum absolute atomic E-state index is 5.92. The number of nitrogens with zero attached hydrogens (tertiary/aromatic N) is 1. The molecule has 1 aromatic carbocycles. The number of ether oxygens (including phenoxy) is 1. The van der Waals surface area contributed by atoms with E-state index in [2.05, 4.69) is 26.9 Å². The molecule has 1 fully saturated rings. The van der Waals surface area contributed by atoms with Crippen molar-refractivity contribution in [1.82, 2.24) is 4.90 Å². The molecule has 1 heterocycles. The summed E-state index contributed by atoms with van der Waals surface area (Å²) in [6, 6.07) is 5.96. The van der Waals surface area contributed by atoms with Gasteiger partial charge in [0.25, 0.3) is 0 Å². The van der Waals surface area contributed by atoms with E-state index in [0.717, 1.165) is 35.6 Å². The molecule has 0 amide bonds. The molecule has 0 bridgehead atoms. The summed E-state index contributed by atoms with van der Waals surface area (Å²) in [5.74, 6) is 0. The van der Waals surface area contributed by atoms with Gasteiger partial charge in [-0.1, -0.05) is 33.6 Å². The van der Waals surface area contributed by atoms with E-state index in [4.69, 9.17) is 16.3 Å². The minimum Gasteiger partial charge on any atom is -0.380 e. The van der Waals surface area contributed by atoms with Crippen LogP contribution in [0.4, 0.5) is 0 Å². The molecule has 2 nitrogen and oxygen atoms in total. The lowest BCUT2D eigenvalue weighted by molar-refractivity contribution is 0.107. The van der Waals surface area contributed by atoms with Crippen LogP contribution in [0.25, 0.3) is 0 Å². The van der Waals surface area contributed by atoms with Gasteiger partial charge in [-0.25, -0.2) is 0 Å². The second kappa shape index (κ2) is 5.50. The van der Waals surface area contributed by atoms with Gasteiger partial charge in [-0.2, -0.15) is 0 Å². The first-order valence-electron chi connectivity index (χ1n) is 5.38. The van der Waals surface area contributed by atoms with Gasteiger partial charge >= 0.3 is 0 Å². The molecule has 1 aromatic rings. The molecular formula is C12H15BrClNO. The molecule has 1 aliphatic rings. The van der Waals surface area contributed by atoms with E-state index in [1.165, 1.54) is 5.56 Å². The van der Waals surface area contributed by atoms with Crippen molar-refractivity contribution in [3.63, 3.8) is 0 Å². The van der Waals surface area contributed by atoms with Crippen LogP contribution in [0, 0.1) is 0 Å². The fourth-order valence-corrected chi connectivity index (χ4v) is 2.83. The Balaban J connectivity index is 1.99. The lowest BCUT2D eigenvalue weighted by Crippen LogP contribution is -2.22. The normalized spacial score (nSPS) is 21.6. The first-order chi connectivity index (χ1) is 7.69. The van der Waals surface area contributed by atoms with Crippen molar-refractivity contribution in [2.24, 2.45) is 0 Å². The van der Waals surface area contributed by atoms with Crippen LogP contribution in [0.2, 0.25) is 5.02 Å². The average Bonchev–Trinajstić information content (AvgIpc) is 2.70. The molecule has 0 aromatic heterocycles. The van der Waals surface area contributed by atoms with E-state index in [1.54, 1.807) is 7.11 Å². The summed E-state index contributed by atoms with van der Waals surface area (Å²) < 4.78 is 6.44. The second-order valence-electron chi connectivity index (χ2n) is 4.12. The lowest BCUT2D eigenvalue weighted by atomic mass is 10.2. The maximum Gasteiger partial charge on any atom is 0.0710 e. The van der Waals surface area contributed by atoms with Crippen LogP contribution < -0.4 is 0 Å². The largest absolute Gasteiger partial charge is 0.380 e. The van der Waals surface area contributed by atoms with Crippen LogP contribution in [0.5, 0.6) is 0 Å². The summed E-state index contributed by atoms with van der Waals surface area (Å²) in [5.41, 5.74) is 1.28. The molecule has 16 heavy (non-hydrogen) atoms. The van der Waals surface area contributed by atoms with Gasteiger partial charge < -0.3 is 4.74 Å². The molecule has 2 rings (SSSR count). The molecule has 1 atom stereocenters. The highest BCUT2D eigenvalue weighted by atomic mass is 79.9. The van der Waals surface area contributed by atoms with Gasteiger partial charge in [0.2, 0.25) is 0 Å². The molecule has 0 spiro atoms. The molecule has 0 aliphatic carbocycles. The van der Waals surface area contributed by atoms with Crippen molar-refractivity contribution < 1.29 is 4.74 Å². The molecule has 88 valence electrons. The van der Waals surface area contributed by atoms with Crippen LogP contribution in [0.3, 0.4) is 0 Å². The molecule has 4 heteroatoms. The third kappa shape index (κ3) is 2.98. The van der Waals surface area contributed by atoms with E-state index in [-0.39, 0.29) is 0 Å². The molecular weight excluding hydrogens is 289 g/mol. The van der Waals surface area contributed by atoms with Crippen LogP contribution in [-0.2, 0) is 11.3 Å². The lowest BCUT2D eigenvalue weighted by Gasteiger charge is -2.16. The van der Waals surface area contributed by atoms with Crippen molar-refractivity contribution in [3.05, 3.63) is 33.3 Å². The number of methoxy groups -OCH3 is 1. The van der Waals surface area contributed by atoms with E-state index in [0.29, 0.717) is 6.10 Å². The number of rotatable bonds is 3. The maximum atomic E-state index is 5.92. The Bertz CT molecular complexity index is 372. The molecule has 1 unspecified atom stereocenters. The summed E-state index contributed by atoms with van der Waals surface area (Å²) in [7, 11) is 1.78. The Hall–Kier alpha value is -0.0900. The zero-order valence-corrected chi connectivity index (χ0v) is 11.6. The van der Waals surface area contributed by atoms with Gasteiger partial charge in [0.05, 0.1) is 6.10 Å². The smallest absolute Gasteiger partial charge is 0.0710 e. The van der Waals surface area contributed by atoms with Gasteiger partial charge in [0.1, 0.15) is 0 Å². The Morgan fingerprint density at radius 3 is 3.00 bits per heavy atom. The minimum absolute atomic E-state index is 0.395. The number of hydrogen-bond donors (Lipinski definition) is 0. The molecule has 0 N–H and O–H groups in total. The first-order valence-corrected chi connectivity index (χ1v) is 6.55. The quantitative estimate of drug-likeness (QED) is 0.849. The Labute approximate surface area is 110 Å². The Morgan fingerprint density at radius 2 is 2.38 bits per heavy atom. The van der Waals surface area contributed by atoms with Gasteiger partial charge in [-0.05, 0) is 24.1 Å². The van der Waals surface area contributed by atoms with Gasteiger partial charge in [-0.15, -0.1) is 0 Å². The van der Waals surface area contributed by atoms with Crippen molar-refractivity contribution >= 4 is 27.5 Å². The fraction of sp³-hybridized carbons (Fsp3) is 0.500. The zero-order chi connectivity index (χ0) is 11.5. The Kier molecular flexibility index (Phi) is 4.25. The van der Waals surface area contributed by atoms with Crippen molar-refractivity contribution in [2.45, 2.75) is 19.1 Å². The molecule has 0 radical (unpaired) electrons. The standard InChI is InChI=1S/C12H15BrClNO/c1-16-11-4-5-15(8-11)7-9-2-3-10(14)6-12(9)13/h2-3,6,11H,4-5,7-8H2,1H3. The summed E-state index contributed by atoms with van der Waals surface area (Å²) >= 11 is 9.46. The highest BCUT2D eigenvalue weighted by molar-refractivity contribution is 9.10. The van der Waals surface area contributed by atoms with E-state index < -0.39 is 0 Å². The highest BCUT2D eigenvalue weighted by Crippen LogP contribution is 2.24. The van der Waals surface area contributed by atoms with Crippen LogP contribution in [0.1, 0.15) is 12.0 Å². The molecule has 1 aliphatic heterocycles. The van der Waals surface area contributed by atoms with Crippen molar-refractivity contribution in [2.75, 3.05) is 20.2 Å². The third-order valence-corrected chi connectivity index (χ3v) is 3.94.